The fraction of sp³-hybridized carbons (Fsp3) is 0.385. The predicted octanol–water partition coefficient (Wildman–Crippen LogP) is 5.88. The van der Waals surface area contributed by atoms with Gasteiger partial charge in [-0.25, -0.2) is 4.98 Å². The smallest absolute Gasteiger partial charge is 0.203 e. The van der Waals surface area contributed by atoms with Crippen molar-refractivity contribution < 1.29 is 9.52 Å². The van der Waals surface area contributed by atoms with Gasteiger partial charge in [0.05, 0.1) is 21.2 Å². The van der Waals surface area contributed by atoms with E-state index < -0.39 is 0 Å². The van der Waals surface area contributed by atoms with Crippen LogP contribution in [0.5, 0.6) is 5.75 Å². The maximum absolute atomic E-state index is 13.8. The molecule has 1 saturated heterocycles. The zero-order valence-electron chi connectivity index (χ0n) is 18.8. The SMILES string of the molecule is CCc1oc2c(C)c(O)c(CN3CCCC(C)C3)cc2c(=O)c1-c1nc2ccccc2s1. The summed E-state index contributed by atoms with van der Waals surface area (Å²) in [6.07, 6.45) is 2.98. The standard InChI is InChI=1S/C26H28N2O3S/c1-4-20-22(26-27-19-9-5-6-10-21(19)32-26)24(30)18-12-17(23(29)16(3)25(18)31-20)14-28-11-7-8-15(2)13-28/h5-6,9-10,12,15,29H,4,7-8,11,13-14H2,1-3H3. The fourth-order valence-electron chi connectivity index (χ4n) is 4.83. The third kappa shape index (κ3) is 3.61. The van der Waals surface area contributed by atoms with E-state index in [0.717, 1.165) is 35.3 Å². The lowest BCUT2D eigenvalue weighted by atomic mass is 9.98. The van der Waals surface area contributed by atoms with E-state index >= 15 is 0 Å². The second kappa shape index (κ2) is 8.34. The molecule has 0 radical (unpaired) electrons. The highest BCUT2D eigenvalue weighted by atomic mass is 32.1. The molecule has 0 bridgehead atoms. The molecule has 2 aromatic carbocycles. The molecule has 1 unspecified atom stereocenters. The zero-order chi connectivity index (χ0) is 22.4. The average Bonchev–Trinajstić information content (AvgIpc) is 3.21. The summed E-state index contributed by atoms with van der Waals surface area (Å²) in [5, 5.41) is 12.1. The van der Waals surface area contributed by atoms with Crippen LogP contribution in [-0.2, 0) is 13.0 Å². The van der Waals surface area contributed by atoms with Crippen molar-refractivity contribution >= 4 is 32.5 Å². The minimum atomic E-state index is -0.0708. The van der Waals surface area contributed by atoms with Crippen molar-refractivity contribution in [3.05, 3.63) is 57.4 Å². The molecular weight excluding hydrogens is 420 g/mol. The first-order chi connectivity index (χ1) is 15.5. The number of aromatic hydroxyl groups is 1. The van der Waals surface area contributed by atoms with Crippen LogP contribution < -0.4 is 5.43 Å². The summed E-state index contributed by atoms with van der Waals surface area (Å²) < 4.78 is 7.29. The first kappa shape index (κ1) is 21.2. The van der Waals surface area contributed by atoms with E-state index in [1.165, 1.54) is 17.8 Å². The number of thiazole rings is 1. The predicted molar refractivity (Wildman–Crippen MR) is 131 cm³/mol. The Labute approximate surface area is 191 Å². The van der Waals surface area contributed by atoms with Gasteiger partial charge < -0.3 is 9.52 Å². The number of hydrogen-bond acceptors (Lipinski definition) is 6. The van der Waals surface area contributed by atoms with Crippen LogP contribution in [0.3, 0.4) is 0 Å². The molecule has 5 nitrogen and oxygen atoms in total. The lowest BCUT2D eigenvalue weighted by Gasteiger charge is -2.31. The highest BCUT2D eigenvalue weighted by molar-refractivity contribution is 7.21. The van der Waals surface area contributed by atoms with Crippen LogP contribution >= 0.6 is 11.3 Å². The van der Waals surface area contributed by atoms with Crippen molar-refractivity contribution in [1.82, 2.24) is 9.88 Å². The summed E-state index contributed by atoms with van der Waals surface area (Å²) >= 11 is 1.51. The van der Waals surface area contributed by atoms with Crippen LogP contribution in [0.1, 0.15) is 43.6 Å². The molecule has 1 N–H and O–H groups in total. The Bertz CT molecular complexity index is 1340. The second-order valence-corrected chi connectivity index (χ2v) is 9.97. The fourth-order valence-corrected chi connectivity index (χ4v) is 5.86. The number of hydrogen-bond donors (Lipinski definition) is 1. The number of nitrogens with zero attached hydrogens (tertiary/aromatic N) is 2. The summed E-state index contributed by atoms with van der Waals surface area (Å²) in [7, 11) is 0. The molecule has 1 aliphatic rings. The molecule has 0 spiro atoms. The zero-order valence-corrected chi connectivity index (χ0v) is 19.6. The third-order valence-corrected chi connectivity index (χ3v) is 7.56. The number of rotatable bonds is 4. The lowest BCUT2D eigenvalue weighted by Crippen LogP contribution is -2.33. The number of likely N-dealkylation sites (tertiary alicyclic amines) is 1. The Balaban J connectivity index is 1.67. The molecule has 3 heterocycles. The largest absolute Gasteiger partial charge is 0.507 e. The summed E-state index contributed by atoms with van der Waals surface area (Å²) in [4.78, 5) is 20.8. The van der Waals surface area contributed by atoms with Gasteiger partial charge >= 0.3 is 0 Å². The first-order valence-electron chi connectivity index (χ1n) is 11.4. The van der Waals surface area contributed by atoms with Gasteiger partial charge in [-0.05, 0) is 50.4 Å². The van der Waals surface area contributed by atoms with Crippen LogP contribution in [0.25, 0.3) is 31.8 Å². The van der Waals surface area contributed by atoms with Gasteiger partial charge in [-0.3, -0.25) is 9.69 Å². The van der Waals surface area contributed by atoms with Crippen molar-refractivity contribution in [2.45, 2.75) is 46.6 Å². The Morgan fingerprint density at radius 1 is 1.31 bits per heavy atom. The Hall–Kier alpha value is -2.70. The summed E-state index contributed by atoms with van der Waals surface area (Å²) in [6, 6.07) is 9.75. The van der Waals surface area contributed by atoms with Crippen molar-refractivity contribution in [1.29, 1.82) is 0 Å². The van der Waals surface area contributed by atoms with E-state index in [4.69, 9.17) is 9.40 Å². The number of para-hydroxylation sites is 1. The molecule has 0 amide bonds. The molecule has 32 heavy (non-hydrogen) atoms. The number of benzene rings is 2. The van der Waals surface area contributed by atoms with Gasteiger partial charge in [-0.2, -0.15) is 0 Å². The highest BCUT2D eigenvalue weighted by Gasteiger charge is 2.23. The summed E-state index contributed by atoms with van der Waals surface area (Å²) in [5.41, 5.74) is 3.25. The third-order valence-electron chi connectivity index (χ3n) is 6.50. The summed E-state index contributed by atoms with van der Waals surface area (Å²) in [5.74, 6) is 1.49. The normalized spacial score (nSPS) is 17.4. The molecule has 1 fully saturated rings. The monoisotopic (exact) mass is 448 g/mol. The Morgan fingerprint density at radius 3 is 2.88 bits per heavy atom. The van der Waals surface area contributed by atoms with Crippen molar-refractivity contribution in [3.8, 4) is 16.3 Å². The first-order valence-corrected chi connectivity index (χ1v) is 12.2. The van der Waals surface area contributed by atoms with Gasteiger partial charge in [0.2, 0.25) is 5.43 Å². The van der Waals surface area contributed by atoms with E-state index in [2.05, 4.69) is 11.8 Å². The second-order valence-electron chi connectivity index (χ2n) is 8.94. The molecule has 1 aliphatic heterocycles. The lowest BCUT2D eigenvalue weighted by molar-refractivity contribution is 0.175. The Kier molecular flexibility index (Phi) is 5.51. The topological polar surface area (TPSA) is 66.6 Å². The maximum Gasteiger partial charge on any atom is 0.203 e. The van der Waals surface area contributed by atoms with E-state index in [1.807, 2.05) is 44.2 Å². The van der Waals surface area contributed by atoms with Crippen molar-refractivity contribution in [2.24, 2.45) is 5.92 Å². The van der Waals surface area contributed by atoms with Crippen LogP contribution in [0.15, 0.2) is 39.5 Å². The Morgan fingerprint density at radius 2 is 2.12 bits per heavy atom. The number of phenolic OH excluding ortho intramolecular Hbond substituents is 1. The van der Waals surface area contributed by atoms with E-state index in [9.17, 15) is 9.90 Å². The van der Waals surface area contributed by atoms with Gasteiger partial charge in [-0.1, -0.05) is 26.0 Å². The molecule has 0 saturated carbocycles. The van der Waals surface area contributed by atoms with Gasteiger partial charge in [-0.15, -0.1) is 11.3 Å². The number of piperidine rings is 1. The number of fused-ring (bicyclic) bond motifs is 2. The quantitative estimate of drug-likeness (QED) is 0.422. The van der Waals surface area contributed by atoms with Crippen LogP contribution in [0.4, 0.5) is 0 Å². The number of phenols is 1. The van der Waals surface area contributed by atoms with E-state index in [-0.39, 0.29) is 11.2 Å². The van der Waals surface area contributed by atoms with Crippen molar-refractivity contribution in [3.63, 3.8) is 0 Å². The maximum atomic E-state index is 13.8. The minimum Gasteiger partial charge on any atom is -0.507 e. The van der Waals surface area contributed by atoms with Crippen molar-refractivity contribution in [2.75, 3.05) is 13.1 Å². The molecule has 2 aromatic heterocycles. The molecular formula is C26H28N2O3S. The molecule has 4 aromatic rings. The molecule has 0 aliphatic carbocycles. The van der Waals surface area contributed by atoms with Gasteiger partial charge in [0, 0.05) is 30.6 Å². The van der Waals surface area contributed by atoms with Crippen LogP contribution in [0.2, 0.25) is 0 Å². The number of aryl methyl sites for hydroxylation is 2. The number of aromatic nitrogens is 1. The average molecular weight is 449 g/mol. The highest BCUT2D eigenvalue weighted by Crippen LogP contribution is 2.36. The van der Waals surface area contributed by atoms with E-state index in [0.29, 0.717) is 51.7 Å². The van der Waals surface area contributed by atoms with Gasteiger partial charge in [0.1, 0.15) is 22.1 Å². The van der Waals surface area contributed by atoms with E-state index in [1.54, 1.807) is 0 Å². The molecule has 6 heteroatoms. The van der Waals surface area contributed by atoms with Gasteiger partial charge in [0.15, 0.2) is 0 Å². The molecule has 5 rings (SSSR count). The van der Waals surface area contributed by atoms with Crippen LogP contribution in [-0.4, -0.2) is 28.1 Å². The minimum absolute atomic E-state index is 0.0708. The van der Waals surface area contributed by atoms with Crippen LogP contribution in [0, 0.1) is 12.8 Å². The summed E-state index contributed by atoms with van der Waals surface area (Å²) in [6.45, 7) is 8.74. The van der Waals surface area contributed by atoms with Gasteiger partial charge in [0.25, 0.3) is 0 Å². The molecule has 1 atom stereocenters. The molecule has 166 valence electrons.